The number of hydrogen-bond acceptors (Lipinski definition) is 1. The molecule has 98 valence electrons. The van der Waals surface area contributed by atoms with Crippen LogP contribution in [-0.2, 0) is 17.8 Å². The number of rotatable bonds is 4. The molecule has 0 aliphatic carbocycles. The van der Waals surface area contributed by atoms with Gasteiger partial charge in [-0.1, -0.05) is 18.5 Å². The molecule has 0 spiro atoms. The molecule has 1 heterocycles. The lowest BCUT2D eigenvalue weighted by Gasteiger charge is -2.03. The predicted octanol–water partition coefficient (Wildman–Crippen LogP) is 2.83. The molecule has 4 heteroatoms. The maximum absolute atomic E-state index is 11.9. The number of carbonyl (C=O) groups is 1. The van der Waals surface area contributed by atoms with Crippen molar-refractivity contribution in [2.75, 3.05) is 5.32 Å². The summed E-state index contributed by atoms with van der Waals surface area (Å²) in [7, 11) is 0. The van der Waals surface area contributed by atoms with Crippen LogP contribution in [0.15, 0.2) is 48.8 Å². The average Bonchev–Trinajstić information content (AvgIpc) is 2.42. The lowest BCUT2D eigenvalue weighted by atomic mass is 10.2. The number of benzene rings is 1. The van der Waals surface area contributed by atoms with Gasteiger partial charge in [-0.05, 0) is 36.2 Å². The number of aryl methyl sites for hydroxylation is 1. The van der Waals surface area contributed by atoms with E-state index in [9.17, 15) is 4.79 Å². The molecule has 0 unspecified atom stereocenters. The molecule has 1 amide bonds. The number of halogens is 1. The van der Waals surface area contributed by atoms with Crippen LogP contribution in [0, 0.1) is 0 Å². The lowest BCUT2D eigenvalue weighted by Crippen LogP contribution is -2.39. The summed E-state index contributed by atoms with van der Waals surface area (Å²) in [6.07, 6.45) is 4.83. The first-order valence-electron chi connectivity index (χ1n) is 6.21. The summed E-state index contributed by atoms with van der Waals surface area (Å²) in [5, 5.41) is 3.48. The van der Waals surface area contributed by atoms with Crippen molar-refractivity contribution < 1.29 is 9.36 Å². The first kappa shape index (κ1) is 13.6. The smallest absolute Gasteiger partial charge is 0.290 e. The Balaban J connectivity index is 1.95. The zero-order valence-electron chi connectivity index (χ0n) is 10.8. The molecule has 1 aromatic heterocycles. The second kappa shape index (κ2) is 6.34. The van der Waals surface area contributed by atoms with Crippen LogP contribution in [0.25, 0.3) is 0 Å². The van der Waals surface area contributed by atoms with Gasteiger partial charge in [-0.15, -0.1) is 0 Å². The number of nitrogens with zero attached hydrogens (tertiary/aromatic N) is 1. The molecule has 1 aromatic carbocycles. The van der Waals surface area contributed by atoms with E-state index in [4.69, 9.17) is 11.6 Å². The summed E-state index contributed by atoms with van der Waals surface area (Å²) in [5.74, 6) is -0.0587. The van der Waals surface area contributed by atoms with Crippen LogP contribution in [-0.4, -0.2) is 5.91 Å². The standard InChI is InChI=1S/C15H15ClN2O/c1-2-12-7-9-18(10-8-12)11-15(19)17-14-5-3-13(16)4-6-14/h3-10H,2,11H2,1H3/p+1. The Morgan fingerprint density at radius 3 is 2.37 bits per heavy atom. The molecule has 0 aliphatic rings. The highest BCUT2D eigenvalue weighted by atomic mass is 35.5. The fourth-order valence-corrected chi connectivity index (χ4v) is 1.85. The van der Waals surface area contributed by atoms with Crippen molar-refractivity contribution in [3.8, 4) is 0 Å². The second-order valence-corrected chi connectivity index (χ2v) is 4.72. The monoisotopic (exact) mass is 275 g/mol. The summed E-state index contributed by atoms with van der Waals surface area (Å²) in [4.78, 5) is 11.9. The van der Waals surface area contributed by atoms with Gasteiger partial charge in [0, 0.05) is 22.8 Å². The van der Waals surface area contributed by atoms with Crippen molar-refractivity contribution in [2.45, 2.75) is 19.9 Å². The van der Waals surface area contributed by atoms with E-state index in [2.05, 4.69) is 12.2 Å². The van der Waals surface area contributed by atoms with Gasteiger partial charge in [0.1, 0.15) is 0 Å². The summed E-state index contributed by atoms with van der Waals surface area (Å²) < 4.78 is 1.85. The van der Waals surface area contributed by atoms with Crippen molar-refractivity contribution in [1.29, 1.82) is 0 Å². The molecule has 2 rings (SSSR count). The molecule has 0 saturated heterocycles. The Kier molecular flexibility index (Phi) is 4.53. The number of hydrogen-bond donors (Lipinski definition) is 1. The SMILES string of the molecule is CCc1cc[n+](CC(=O)Nc2ccc(Cl)cc2)cc1. The van der Waals surface area contributed by atoms with Crippen LogP contribution in [0.4, 0.5) is 5.69 Å². The lowest BCUT2D eigenvalue weighted by molar-refractivity contribution is -0.684. The van der Waals surface area contributed by atoms with Gasteiger partial charge in [-0.25, -0.2) is 0 Å². The van der Waals surface area contributed by atoms with E-state index in [0.29, 0.717) is 11.6 Å². The fraction of sp³-hybridized carbons (Fsp3) is 0.200. The summed E-state index contributed by atoms with van der Waals surface area (Å²) in [6, 6.07) is 11.1. The first-order valence-corrected chi connectivity index (χ1v) is 6.58. The Bertz CT molecular complexity index is 549. The van der Waals surface area contributed by atoms with Gasteiger partial charge in [0.15, 0.2) is 12.4 Å². The minimum absolute atomic E-state index is 0.0587. The number of nitrogens with one attached hydrogen (secondary N) is 1. The van der Waals surface area contributed by atoms with E-state index in [1.807, 2.05) is 29.1 Å². The number of amides is 1. The molecule has 1 N–H and O–H groups in total. The molecule has 2 aromatic rings. The first-order chi connectivity index (χ1) is 9.17. The van der Waals surface area contributed by atoms with E-state index in [-0.39, 0.29) is 5.91 Å². The maximum atomic E-state index is 11.9. The molecule has 3 nitrogen and oxygen atoms in total. The predicted molar refractivity (Wildman–Crippen MR) is 76.1 cm³/mol. The van der Waals surface area contributed by atoms with Crippen molar-refractivity contribution in [3.63, 3.8) is 0 Å². The average molecular weight is 276 g/mol. The Morgan fingerprint density at radius 2 is 1.79 bits per heavy atom. The summed E-state index contributed by atoms with van der Waals surface area (Å²) in [5.41, 5.74) is 2.01. The third-order valence-electron chi connectivity index (χ3n) is 2.82. The number of pyridine rings is 1. The van der Waals surface area contributed by atoms with Gasteiger partial charge >= 0.3 is 0 Å². The fourth-order valence-electron chi connectivity index (χ4n) is 1.73. The summed E-state index contributed by atoms with van der Waals surface area (Å²) in [6.45, 7) is 2.40. The van der Waals surface area contributed by atoms with Crippen molar-refractivity contribution >= 4 is 23.2 Å². The number of anilines is 1. The number of aromatic nitrogens is 1. The minimum Gasteiger partial charge on any atom is -0.321 e. The van der Waals surface area contributed by atoms with Gasteiger partial charge < -0.3 is 5.32 Å². The molecule has 0 saturated carbocycles. The van der Waals surface area contributed by atoms with Gasteiger partial charge in [0.25, 0.3) is 5.91 Å². The van der Waals surface area contributed by atoms with Crippen LogP contribution in [0.2, 0.25) is 5.02 Å². The van der Waals surface area contributed by atoms with Crippen molar-refractivity contribution in [1.82, 2.24) is 0 Å². The second-order valence-electron chi connectivity index (χ2n) is 4.29. The van der Waals surface area contributed by atoms with E-state index >= 15 is 0 Å². The van der Waals surface area contributed by atoms with Crippen LogP contribution < -0.4 is 9.88 Å². The zero-order chi connectivity index (χ0) is 13.7. The zero-order valence-corrected chi connectivity index (χ0v) is 11.5. The van der Waals surface area contributed by atoms with E-state index in [1.54, 1.807) is 24.3 Å². The van der Waals surface area contributed by atoms with Gasteiger partial charge in [0.2, 0.25) is 6.54 Å². The van der Waals surface area contributed by atoms with Crippen molar-refractivity contribution in [2.24, 2.45) is 0 Å². The largest absolute Gasteiger partial charge is 0.321 e. The minimum atomic E-state index is -0.0587. The van der Waals surface area contributed by atoms with E-state index in [0.717, 1.165) is 12.1 Å². The Morgan fingerprint density at radius 1 is 1.16 bits per heavy atom. The van der Waals surface area contributed by atoms with E-state index in [1.165, 1.54) is 5.56 Å². The molecular weight excluding hydrogens is 260 g/mol. The molecular formula is C15H16ClN2O+. The van der Waals surface area contributed by atoms with Crippen molar-refractivity contribution in [3.05, 3.63) is 59.4 Å². The third-order valence-corrected chi connectivity index (χ3v) is 3.07. The molecule has 0 radical (unpaired) electrons. The quantitative estimate of drug-likeness (QED) is 0.855. The highest BCUT2D eigenvalue weighted by molar-refractivity contribution is 6.30. The van der Waals surface area contributed by atoms with E-state index < -0.39 is 0 Å². The number of carbonyl (C=O) groups excluding carboxylic acids is 1. The molecule has 0 fully saturated rings. The molecule has 0 aliphatic heterocycles. The van der Waals surface area contributed by atoms with Crippen LogP contribution >= 0.6 is 11.6 Å². The van der Waals surface area contributed by atoms with Gasteiger partial charge in [-0.3, -0.25) is 4.79 Å². The molecule has 19 heavy (non-hydrogen) atoms. The van der Waals surface area contributed by atoms with Crippen LogP contribution in [0.5, 0.6) is 0 Å². The van der Waals surface area contributed by atoms with Crippen LogP contribution in [0.3, 0.4) is 0 Å². The van der Waals surface area contributed by atoms with Gasteiger partial charge in [0.05, 0.1) is 0 Å². The highest BCUT2D eigenvalue weighted by Gasteiger charge is 2.09. The molecule has 0 bridgehead atoms. The Labute approximate surface area is 117 Å². The maximum Gasteiger partial charge on any atom is 0.290 e. The third kappa shape index (κ3) is 4.07. The highest BCUT2D eigenvalue weighted by Crippen LogP contribution is 2.13. The topological polar surface area (TPSA) is 33.0 Å². The normalized spacial score (nSPS) is 10.2. The molecule has 0 atom stereocenters. The summed E-state index contributed by atoms with van der Waals surface area (Å²) >= 11 is 5.79. The van der Waals surface area contributed by atoms with Crippen LogP contribution in [0.1, 0.15) is 12.5 Å². The Hall–Kier alpha value is -1.87. The van der Waals surface area contributed by atoms with Gasteiger partial charge in [-0.2, -0.15) is 4.57 Å².